The van der Waals surface area contributed by atoms with E-state index < -0.39 is 0 Å². The summed E-state index contributed by atoms with van der Waals surface area (Å²) in [6.45, 7) is 6.08. The van der Waals surface area contributed by atoms with Crippen LogP contribution >= 0.6 is 0 Å². The molecule has 0 saturated heterocycles. The Kier molecular flexibility index (Phi) is 6.42. The number of benzene rings is 1. The molecule has 1 rings (SSSR count). The lowest BCUT2D eigenvalue weighted by Crippen LogP contribution is -2.36. The molecular formula is C15H22N2O. The minimum atomic E-state index is 0.187. The van der Waals surface area contributed by atoms with Crippen LogP contribution in [-0.2, 0) is 6.54 Å². The summed E-state index contributed by atoms with van der Waals surface area (Å²) >= 11 is 0. The highest BCUT2D eigenvalue weighted by atomic mass is 16.3. The van der Waals surface area contributed by atoms with E-state index in [2.05, 4.69) is 24.8 Å². The molecule has 0 radical (unpaired) electrons. The fraction of sp³-hybridized carbons (Fsp3) is 0.533. The topological polar surface area (TPSA) is 47.3 Å². The minimum Gasteiger partial charge on any atom is -0.395 e. The molecule has 0 unspecified atom stereocenters. The molecule has 3 nitrogen and oxygen atoms in total. The zero-order chi connectivity index (χ0) is 13.4. The highest BCUT2D eigenvalue weighted by Gasteiger charge is 2.14. The van der Waals surface area contributed by atoms with Crippen molar-refractivity contribution in [3.63, 3.8) is 0 Å². The molecular weight excluding hydrogens is 224 g/mol. The average Bonchev–Trinajstić information content (AvgIpc) is 2.41. The van der Waals surface area contributed by atoms with Crippen molar-refractivity contribution in [1.29, 1.82) is 5.26 Å². The van der Waals surface area contributed by atoms with Gasteiger partial charge in [-0.15, -0.1) is 0 Å². The molecule has 0 amide bonds. The van der Waals surface area contributed by atoms with Crippen LogP contribution in [0.1, 0.15) is 37.8 Å². The molecule has 0 heterocycles. The fourth-order valence-electron chi connectivity index (χ4n) is 2.24. The SMILES string of the molecule is CCC(CC)N(CCO)Cc1ccc(C#N)cc1. The van der Waals surface area contributed by atoms with Crippen LogP contribution in [-0.4, -0.2) is 29.2 Å². The maximum Gasteiger partial charge on any atom is 0.0991 e. The average molecular weight is 246 g/mol. The standard InChI is InChI=1S/C15H22N2O/c1-3-15(4-2)17(9-10-18)12-14-7-5-13(11-16)6-8-14/h5-8,15,18H,3-4,9-10,12H2,1-2H3. The number of aliphatic hydroxyl groups is 1. The fourth-order valence-corrected chi connectivity index (χ4v) is 2.24. The van der Waals surface area contributed by atoms with E-state index in [0.717, 1.165) is 19.4 Å². The first-order valence-electron chi connectivity index (χ1n) is 6.59. The summed E-state index contributed by atoms with van der Waals surface area (Å²) in [5, 5.41) is 17.9. The molecule has 0 aromatic heterocycles. The van der Waals surface area contributed by atoms with E-state index in [1.165, 1.54) is 5.56 Å². The lowest BCUT2D eigenvalue weighted by Gasteiger charge is -2.29. The Morgan fingerprint density at radius 1 is 1.22 bits per heavy atom. The number of nitriles is 1. The van der Waals surface area contributed by atoms with E-state index >= 15 is 0 Å². The molecule has 0 aliphatic rings. The smallest absolute Gasteiger partial charge is 0.0991 e. The van der Waals surface area contributed by atoms with Gasteiger partial charge in [-0.1, -0.05) is 26.0 Å². The van der Waals surface area contributed by atoms with E-state index in [1.807, 2.05) is 24.3 Å². The van der Waals surface area contributed by atoms with Crippen LogP contribution in [0.15, 0.2) is 24.3 Å². The highest BCUT2D eigenvalue weighted by Crippen LogP contribution is 2.13. The van der Waals surface area contributed by atoms with Crippen molar-refractivity contribution < 1.29 is 5.11 Å². The number of hydrogen-bond acceptors (Lipinski definition) is 3. The first kappa shape index (κ1) is 14.7. The van der Waals surface area contributed by atoms with Crippen LogP contribution in [0.5, 0.6) is 0 Å². The second-order valence-electron chi connectivity index (χ2n) is 4.47. The molecule has 98 valence electrons. The molecule has 0 aliphatic carbocycles. The van der Waals surface area contributed by atoms with Crippen LogP contribution in [0.2, 0.25) is 0 Å². The van der Waals surface area contributed by atoms with Crippen molar-refractivity contribution in [2.75, 3.05) is 13.2 Å². The molecule has 0 bridgehead atoms. The van der Waals surface area contributed by atoms with Gasteiger partial charge < -0.3 is 5.11 Å². The van der Waals surface area contributed by atoms with Crippen LogP contribution in [0.3, 0.4) is 0 Å². The summed E-state index contributed by atoms with van der Waals surface area (Å²) in [7, 11) is 0. The minimum absolute atomic E-state index is 0.187. The molecule has 0 spiro atoms. The van der Waals surface area contributed by atoms with Gasteiger partial charge in [0.1, 0.15) is 0 Å². The Morgan fingerprint density at radius 3 is 2.28 bits per heavy atom. The summed E-state index contributed by atoms with van der Waals surface area (Å²) in [5.74, 6) is 0. The van der Waals surface area contributed by atoms with Crippen LogP contribution in [0, 0.1) is 11.3 Å². The third-order valence-electron chi connectivity index (χ3n) is 3.31. The predicted molar refractivity (Wildman–Crippen MR) is 73.0 cm³/mol. The van der Waals surface area contributed by atoms with Crippen LogP contribution < -0.4 is 0 Å². The van der Waals surface area contributed by atoms with Gasteiger partial charge in [-0.3, -0.25) is 4.90 Å². The normalized spacial score (nSPS) is 10.9. The Balaban J connectivity index is 2.72. The molecule has 0 fully saturated rings. The molecule has 0 atom stereocenters. The molecule has 1 aromatic rings. The van der Waals surface area contributed by atoms with Gasteiger partial charge in [0.25, 0.3) is 0 Å². The number of aliphatic hydroxyl groups excluding tert-OH is 1. The summed E-state index contributed by atoms with van der Waals surface area (Å²) in [4.78, 5) is 2.31. The maximum atomic E-state index is 9.15. The van der Waals surface area contributed by atoms with Crippen molar-refractivity contribution in [3.8, 4) is 6.07 Å². The summed E-state index contributed by atoms with van der Waals surface area (Å²) in [6, 6.07) is 10.3. The zero-order valence-corrected chi connectivity index (χ0v) is 11.3. The van der Waals surface area contributed by atoms with Gasteiger partial charge in [0.05, 0.1) is 18.2 Å². The first-order valence-corrected chi connectivity index (χ1v) is 6.59. The Hall–Kier alpha value is -1.37. The van der Waals surface area contributed by atoms with E-state index in [4.69, 9.17) is 10.4 Å². The van der Waals surface area contributed by atoms with E-state index in [-0.39, 0.29) is 6.61 Å². The van der Waals surface area contributed by atoms with Gasteiger partial charge >= 0.3 is 0 Å². The van der Waals surface area contributed by atoms with Crippen molar-refractivity contribution in [2.45, 2.75) is 39.3 Å². The summed E-state index contributed by atoms with van der Waals surface area (Å²) in [6.07, 6.45) is 2.18. The van der Waals surface area contributed by atoms with E-state index in [1.54, 1.807) is 0 Å². The lowest BCUT2D eigenvalue weighted by atomic mass is 10.1. The van der Waals surface area contributed by atoms with Gasteiger partial charge in [0, 0.05) is 19.1 Å². The molecule has 3 heteroatoms. The Labute approximate surface area is 110 Å². The van der Waals surface area contributed by atoms with Crippen LogP contribution in [0.4, 0.5) is 0 Å². The summed E-state index contributed by atoms with van der Waals surface area (Å²) in [5.41, 5.74) is 1.88. The number of nitrogens with zero attached hydrogens (tertiary/aromatic N) is 2. The van der Waals surface area contributed by atoms with Gasteiger partial charge in [-0.25, -0.2) is 0 Å². The monoisotopic (exact) mass is 246 g/mol. The number of rotatable bonds is 7. The van der Waals surface area contributed by atoms with Gasteiger partial charge in [0.15, 0.2) is 0 Å². The molecule has 0 saturated carbocycles. The van der Waals surface area contributed by atoms with E-state index in [9.17, 15) is 0 Å². The third-order valence-corrected chi connectivity index (χ3v) is 3.31. The largest absolute Gasteiger partial charge is 0.395 e. The number of hydrogen-bond donors (Lipinski definition) is 1. The van der Waals surface area contributed by atoms with Crippen molar-refractivity contribution in [3.05, 3.63) is 35.4 Å². The van der Waals surface area contributed by atoms with Crippen LogP contribution in [0.25, 0.3) is 0 Å². The highest BCUT2D eigenvalue weighted by molar-refractivity contribution is 5.31. The van der Waals surface area contributed by atoms with Gasteiger partial charge in [-0.2, -0.15) is 5.26 Å². The van der Waals surface area contributed by atoms with Crippen molar-refractivity contribution in [1.82, 2.24) is 4.90 Å². The van der Waals surface area contributed by atoms with E-state index in [0.29, 0.717) is 18.2 Å². The maximum absolute atomic E-state index is 9.15. The molecule has 0 aliphatic heterocycles. The predicted octanol–water partition coefficient (Wildman–Crippen LogP) is 2.54. The summed E-state index contributed by atoms with van der Waals surface area (Å²) < 4.78 is 0. The van der Waals surface area contributed by atoms with Gasteiger partial charge in [0.2, 0.25) is 0 Å². The Morgan fingerprint density at radius 2 is 1.83 bits per heavy atom. The molecule has 1 aromatic carbocycles. The second kappa shape index (κ2) is 7.86. The Bertz CT molecular complexity index is 376. The lowest BCUT2D eigenvalue weighted by molar-refractivity contribution is 0.136. The first-order chi connectivity index (χ1) is 8.74. The van der Waals surface area contributed by atoms with Gasteiger partial charge in [-0.05, 0) is 30.5 Å². The zero-order valence-electron chi connectivity index (χ0n) is 11.3. The molecule has 1 N–H and O–H groups in total. The second-order valence-corrected chi connectivity index (χ2v) is 4.47. The van der Waals surface area contributed by atoms with Crippen molar-refractivity contribution >= 4 is 0 Å². The molecule has 18 heavy (non-hydrogen) atoms. The third kappa shape index (κ3) is 4.14. The quantitative estimate of drug-likeness (QED) is 0.804. The van der Waals surface area contributed by atoms with Crippen molar-refractivity contribution in [2.24, 2.45) is 0 Å².